The highest BCUT2D eigenvalue weighted by atomic mass is 16.4. The van der Waals surface area contributed by atoms with Gasteiger partial charge in [-0.2, -0.15) is 0 Å². The Morgan fingerprint density at radius 2 is 2.10 bits per heavy atom. The van der Waals surface area contributed by atoms with Gasteiger partial charge in [-0.1, -0.05) is 19.4 Å². The molecule has 3 nitrogen and oxygen atoms in total. The number of phenols is 1. The van der Waals surface area contributed by atoms with Crippen molar-refractivity contribution < 1.29 is 9.52 Å². The lowest BCUT2D eigenvalue weighted by Gasteiger charge is -2.11. The van der Waals surface area contributed by atoms with Crippen LogP contribution >= 0.6 is 0 Å². The molecule has 3 heteroatoms. The third-order valence-corrected chi connectivity index (χ3v) is 3.66. The Balaban J connectivity index is 2.72. The van der Waals surface area contributed by atoms with Gasteiger partial charge in [0.2, 0.25) is 0 Å². The summed E-state index contributed by atoms with van der Waals surface area (Å²) in [5.74, 6) is 0.140. The van der Waals surface area contributed by atoms with Crippen molar-refractivity contribution in [1.29, 1.82) is 0 Å². The van der Waals surface area contributed by atoms with E-state index in [1.165, 1.54) is 0 Å². The fourth-order valence-electron chi connectivity index (χ4n) is 2.48. The summed E-state index contributed by atoms with van der Waals surface area (Å²) >= 11 is 0. The number of phenolic OH excluding ortho intramolecular Hbond substituents is 1. The molecule has 1 aromatic heterocycles. The van der Waals surface area contributed by atoms with Gasteiger partial charge in [0, 0.05) is 16.5 Å². The zero-order valence-electron chi connectivity index (χ0n) is 12.0. The third-order valence-electron chi connectivity index (χ3n) is 3.66. The lowest BCUT2D eigenvalue weighted by atomic mass is 9.98. The van der Waals surface area contributed by atoms with Gasteiger partial charge in [0.1, 0.15) is 11.3 Å². The van der Waals surface area contributed by atoms with E-state index >= 15 is 0 Å². The molecule has 0 fully saturated rings. The summed E-state index contributed by atoms with van der Waals surface area (Å²) in [5, 5.41) is 10.8. The molecule has 0 saturated carbocycles. The number of hydrogen-bond acceptors (Lipinski definition) is 3. The first-order valence-corrected chi connectivity index (χ1v) is 6.98. The maximum atomic E-state index is 12.2. The zero-order chi connectivity index (χ0) is 14.7. The molecule has 0 saturated heterocycles. The topological polar surface area (TPSA) is 50.4 Å². The van der Waals surface area contributed by atoms with Gasteiger partial charge >= 0.3 is 5.63 Å². The second kappa shape index (κ2) is 5.95. The summed E-state index contributed by atoms with van der Waals surface area (Å²) in [7, 11) is 0. The first kappa shape index (κ1) is 14.4. The van der Waals surface area contributed by atoms with Crippen LogP contribution in [0.5, 0.6) is 5.75 Å². The summed E-state index contributed by atoms with van der Waals surface area (Å²) in [4.78, 5) is 12.2. The van der Waals surface area contributed by atoms with Gasteiger partial charge in [-0.25, -0.2) is 4.79 Å². The maximum absolute atomic E-state index is 12.2. The zero-order valence-corrected chi connectivity index (χ0v) is 12.0. The monoisotopic (exact) mass is 272 g/mol. The van der Waals surface area contributed by atoms with E-state index in [1.54, 1.807) is 12.1 Å². The Morgan fingerprint density at radius 3 is 2.75 bits per heavy atom. The first-order chi connectivity index (χ1) is 9.60. The molecule has 0 unspecified atom stereocenters. The van der Waals surface area contributed by atoms with E-state index in [0.29, 0.717) is 17.6 Å². The minimum Gasteiger partial charge on any atom is -0.508 e. The number of allylic oxidation sites excluding steroid dienone is 1. The highest BCUT2D eigenvalue weighted by molar-refractivity contribution is 5.85. The second-order valence-corrected chi connectivity index (χ2v) is 5.03. The molecule has 2 aromatic rings. The smallest absolute Gasteiger partial charge is 0.339 e. The number of aryl methyl sites for hydroxylation is 1. The normalized spacial score (nSPS) is 10.9. The van der Waals surface area contributed by atoms with Crippen LogP contribution in [0.1, 0.15) is 36.5 Å². The van der Waals surface area contributed by atoms with E-state index < -0.39 is 0 Å². The predicted molar refractivity (Wildman–Crippen MR) is 81.4 cm³/mol. The molecule has 0 atom stereocenters. The molecule has 1 aromatic carbocycles. The molecule has 20 heavy (non-hydrogen) atoms. The molecule has 0 aliphatic rings. The predicted octanol–water partition coefficient (Wildman–Crippen LogP) is 3.88. The van der Waals surface area contributed by atoms with Crippen molar-refractivity contribution in [2.45, 2.75) is 39.5 Å². The van der Waals surface area contributed by atoms with Crippen LogP contribution in [0.25, 0.3) is 11.0 Å². The maximum Gasteiger partial charge on any atom is 0.339 e. The summed E-state index contributed by atoms with van der Waals surface area (Å²) in [5.41, 5.74) is 2.51. The molecular formula is C17H20O3. The SMILES string of the molecule is C=CCc1c(O)ccc2c(C)c(CCCC)c(=O)oc12. The van der Waals surface area contributed by atoms with Gasteiger partial charge in [0.15, 0.2) is 0 Å². The minimum atomic E-state index is -0.292. The van der Waals surface area contributed by atoms with Crippen molar-refractivity contribution in [3.8, 4) is 5.75 Å². The molecule has 0 bridgehead atoms. The summed E-state index contributed by atoms with van der Waals surface area (Å²) < 4.78 is 5.47. The Hall–Kier alpha value is -2.03. The van der Waals surface area contributed by atoms with Crippen molar-refractivity contribution >= 4 is 11.0 Å². The number of rotatable bonds is 5. The van der Waals surface area contributed by atoms with Gasteiger partial charge in [0.05, 0.1) is 0 Å². The highest BCUT2D eigenvalue weighted by Gasteiger charge is 2.15. The molecule has 2 rings (SSSR count). The van der Waals surface area contributed by atoms with Crippen molar-refractivity contribution in [3.63, 3.8) is 0 Å². The Kier molecular flexibility index (Phi) is 4.28. The van der Waals surface area contributed by atoms with Crippen LogP contribution < -0.4 is 5.63 Å². The fraction of sp³-hybridized carbons (Fsp3) is 0.353. The van der Waals surface area contributed by atoms with Crippen molar-refractivity contribution in [3.05, 3.63) is 51.9 Å². The van der Waals surface area contributed by atoms with E-state index in [9.17, 15) is 9.90 Å². The van der Waals surface area contributed by atoms with Crippen LogP contribution in [-0.2, 0) is 12.8 Å². The summed E-state index contributed by atoms with van der Waals surface area (Å²) in [6.07, 6.45) is 4.90. The van der Waals surface area contributed by atoms with Crippen LogP contribution in [0.2, 0.25) is 0 Å². The minimum absolute atomic E-state index is 0.140. The summed E-state index contributed by atoms with van der Waals surface area (Å²) in [6.45, 7) is 7.71. The van der Waals surface area contributed by atoms with Crippen molar-refractivity contribution in [1.82, 2.24) is 0 Å². The van der Waals surface area contributed by atoms with Crippen molar-refractivity contribution in [2.24, 2.45) is 0 Å². The lowest BCUT2D eigenvalue weighted by molar-refractivity contribution is 0.466. The standard InChI is InChI=1S/C17H20O3/c1-4-6-8-13-11(3)12-9-10-15(18)14(7-5-2)16(12)20-17(13)19/h5,9-10,18H,2,4,6-8H2,1,3H3. The van der Waals surface area contributed by atoms with Crippen LogP contribution in [0, 0.1) is 6.92 Å². The van der Waals surface area contributed by atoms with Crippen LogP contribution in [0.15, 0.2) is 34.0 Å². The molecular weight excluding hydrogens is 252 g/mol. The van der Waals surface area contributed by atoms with E-state index in [1.807, 2.05) is 13.0 Å². The molecule has 1 heterocycles. The highest BCUT2D eigenvalue weighted by Crippen LogP contribution is 2.30. The van der Waals surface area contributed by atoms with Gasteiger partial charge < -0.3 is 9.52 Å². The molecule has 0 aliphatic carbocycles. The largest absolute Gasteiger partial charge is 0.508 e. The Morgan fingerprint density at radius 1 is 1.35 bits per heavy atom. The van der Waals surface area contributed by atoms with Crippen molar-refractivity contribution in [2.75, 3.05) is 0 Å². The number of aromatic hydroxyl groups is 1. The number of benzene rings is 1. The van der Waals surface area contributed by atoms with Gasteiger partial charge in [0.25, 0.3) is 0 Å². The van der Waals surface area contributed by atoms with Crippen LogP contribution in [0.4, 0.5) is 0 Å². The molecule has 1 N–H and O–H groups in total. The first-order valence-electron chi connectivity index (χ1n) is 6.98. The third kappa shape index (κ3) is 2.48. The van der Waals surface area contributed by atoms with E-state index in [-0.39, 0.29) is 11.4 Å². The van der Waals surface area contributed by atoms with E-state index in [2.05, 4.69) is 13.5 Å². The van der Waals surface area contributed by atoms with E-state index in [4.69, 9.17) is 4.42 Å². The average Bonchev–Trinajstić information content (AvgIpc) is 2.42. The molecule has 0 spiro atoms. The molecule has 0 amide bonds. The Bertz CT molecular complexity index is 695. The second-order valence-electron chi connectivity index (χ2n) is 5.03. The number of hydrogen-bond donors (Lipinski definition) is 1. The molecule has 0 radical (unpaired) electrons. The molecule has 0 aliphatic heterocycles. The van der Waals surface area contributed by atoms with E-state index in [0.717, 1.165) is 35.8 Å². The molecule has 106 valence electrons. The van der Waals surface area contributed by atoms with Gasteiger partial charge in [-0.3, -0.25) is 0 Å². The fourth-order valence-corrected chi connectivity index (χ4v) is 2.48. The Labute approximate surface area is 118 Å². The summed E-state index contributed by atoms with van der Waals surface area (Å²) in [6, 6.07) is 3.46. The quantitative estimate of drug-likeness (QED) is 0.664. The van der Waals surface area contributed by atoms with Gasteiger partial charge in [-0.05, 0) is 43.9 Å². The van der Waals surface area contributed by atoms with Crippen LogP contribution in [-0.4, -0.2) is 5.11 Å². The number of unbranched alkanes of at least 4 members (excludes halogenated alkanes) is 1. The van der Waals surface area contributed by atoms with Gasteiger partial charge in [-0.15, -0.1) is 6.58 Å². The van der Waals surface area contributed by atoms with Crippen LogP contribution in [0.3, 0.4) is 0 Å². The lowest BCUT2D eigenvalue weighted by Crippen LogP contribution is -2.11. The number of fused-ring (bicyclic) bond motifs is 1. The average molecular weight is 272 g/mol.